The van der Waals surface area contributed by atoms with Gasteiger partial charge in [0.1, 0.15) is 17.3 Å². The predicted octanol–water partition coefficient (Wildman–Crippen LogP) is 1.67. The molecule has 1 amide bonds. The molecule has 0 radical (unpaired) electrons. The molecule has 1 unspecified atom stereocenters. The van der Waals surface area contributed by atoms with Gasteiger partial charge in [0, 0.05) is 37.0 Å². The van der Waals surface area contributed by atoms with Gasteiger partial charge in [0.2, 0.25) is 0 Å². The number of aromatic nitrogens is 3. The Labute approximate surface area is 185 Å². The van der Waals surface area contributed by atoms with Crippen molar-refractivity contribution < 1.29 is 9.53 Å². The van der Waals surface area contributed by atoms with Crippen molar-refractivity contribution in [1.82, 2.24) is 30.3 Å². The SMILES string of the molecule is Cc1nc(Nc2nc(C(=O)NN3CCOCC3)cs2)cc(C2CCCN(CC#N)C2)n1. The van der Waals surface area contributed by atoms with Crippen LogP contribution in [0.5, 0.6) is 0 Å². The molecule has 4 heterocycles. The minimum absolute atomic E-state index is 0.231. The van der Waals surface area contributed by atoms with Crippen LogP contribution in [0.25, 0.3) is 0 Å². The largest absolute Gasteiger partial charge is 0.379 e. The number of carbonyl (C=O) groups is 1. The Morgan fingerprint density at radius 3 is 2.97 bits per heavy atom. The number of nitrogens with one attached hydrogen (secondary N) is 2. The summed E-state index contributed by atoms with van der Waals surface area (Å²) in [5, 5.41) is 16.4. The number of hydrogen-bond acceptors (Lipinski definition) is 10. The third-order valence-electron chi connectivity index (χ3n) is 5.32. The summed E-state index contributed by atoms with van der Waals surface area (Å²) in [6.45, 7) is 6.63. The number of piperidine rings is 1. The summed E-state index contributed by atoms with van der Waals surface area (Å²) in [6, 6.07) is 4.18. The molecule has 0 saturated carbocycles. The van der Waals surface area contributed by atoms with Crippen LogP contribution in [0.4, 0.5) is 10.9 Å². The number of likely N-dealkylation sites (tertiary alicyclic amines) is 1. The number of nitriles is 1. The molecule has 1 atom stereocenters. The molecule has 2 N–H and O–H groups in total. The maximum absolute atomic E-state index is 12.4. The maximum atomic E-state index is 12.4. The molecule has 4 rings (SSSR count). The highest BCUT2D eigenvalue weighted by molar-refractivity contribution is 7.14. The maximum Gasteiger partial charge on any atom is 0.285 e. The zero-order valence-electron chi connectivity index (χ0n) is 17.5. The molecule has 164 valence electrons. The second-order valence-electron chi connectivity index (χ2n) is 7.66. The van der Waals surface area contributed by atoms with Gasteiger partial charge >= 0.3 is 0 Å². The van der Waals surface area contributed by atoms with Crippen molar-refractivity contribution in [2.24, 2.45) is 0 Å². The van der Waals surface area contributed by atoms with Crippen LogP contribution in [0.15, 0.2) is 11.4 Å². The zero-order chi connectivity index (χ0) is 21.6. The molecule has 2 aliphatic rings. The van der Waals surface area contributed by atoms with E-state index in [1.807, 2.05) is 18.0 Å². The monoisotopic (exact) mass is 442 g/mol. The fourth-order valence-corrected chi connectivity index (χ4v) is 4.52. The highest BCUT2D eigenvalue weighted by Crippen LogP contribution is 2.28. The molecule has 2 aliphatic heterocycles. The molecule has 11 heteroatoms. The van der Waals surface area contributed by atoms with Gasteiger partial charge < -0.3 is 10.1 Å². The van der Waals surface area contributed by atoms with Crippen molar-refractivity contribution in [3.8, 4) is 6.07 Å². The average Bonchev–Trinajstić information content (AvgIpc) is 3.23. The molecule has 10 nitrogen and oxygen atoms in total. The molecule has 0 spiro atoms. The molecular formula is C20H26N8O2S. The van der Waals surface area contributed by atoms with E-state index in [9.17, 15) is 4.79 Å². The second kappa shape index (κ2) is 10.1. The molecule has 2 saturated heterocycles. The number of anilines is 2. The van der Waals surface area contributed by atoms with Gasteiger partial charge in [-0.05, 0) is 26.3 Å². The first-order valence-electron chi connectivity index (χ1n) is 10.4. The van der Waals surface area contributed by atoms with Crippen LogP contribution in [0.2, 0.25) is 0 Å². The van der Waals surface area contributed by atoms with Gasteiger partial charge in [0.25, 0.3) is 5.91 Å². The van der Waals surface area contributed by atoms with Crippen molar-refractivity contribution in [2.45, 2.75) is 25.7 Å². The number of aryl methyl sites for hydroxylation is 1. The Morgan fingerprint density at radius 1 is 1.32 bits per heavy atom. The first-order chi connectivity index (χ1) is 15.1. The topological polar surface area (TPSA) is 119 Å². The number of hydrazine groups is 1. The van der Waals surface area contributed by atoms with Crippen molar-refractivity contribution in [3.63, 3.8) is 0 Å². The van der Waals surface area contributed by atoms with Gasteiger partial charge in [-0.25, -0.2) is 20.0 Å². The van der Waals surface area contributed by atoms with E-state index in [2.05, 4.69) is 36.7 Å². The molecule has 0 aliphatic carbocycles. The van der Waals surface area contributed by atoms with Crippen molar-refractivity contribution in [1.29, 1.82) is 5.26 Å². The summed E-state index contributed by atoms with van der Waals surface area (Å²) in [5.41, 5.74) is 4.20. The van der Waals surface area contributed by atoms with Crippen molar-refractivity contribution in [2.75, 3.05) is 51.3 Å². The third kappa shape index (κ3) is 5.74. The summed E-state index contributed by atoms with van der Waals surface area (Å²) >= 11 is 1.36. The smallest absolute Gasteiger partial charge is 0.285 e. The first kappa shape index (κ1) is 21.6. The van der Waals surface area contributed by atoms with E-state index >= 15 is 0 Å². The lowest BCUT2D eigenvalue weighted by Gasteiger charge is -2.30. The van der Waals surface area contributed by atoms with E-state index in [1.165, 1.54) is 11.3 Å². The lowest BCUT2D eigenvalue weighted by atomic mass is 9.94. The lowest BCUT2D eigenvalue weighted by molar-refractivity contribution is 0.0125. The predicted molar refractivity (Wildman–Crippen MR) is 116 cm³/mol. The van der Waals surface area contributed by atoms with Gasteiger partial charge in [0.15, 0.2) is 5.13 Å². The van der Waals surface area contributed by atoms with E-state index < -0.39 is 0 Å². The molecule has 2 aromatic rings. The van der Waals surface area contributed by atoms with Crippen molar-refractivity contribution in [3.05, 3.63) is 28.7 Å². The minimum Gasteiger partial charge on any atom is -0.379 e. The van der Waals surface area contributed by atoms with E-state index in [0.29, 0.717) is 55.3 Å². The van der Waals surface area contributed by atoms with Crippen LogP contribution in [-0.2, 0) is 4.74 Å². The quantitative estimate of drug-likeness (QED) is 0.644. The highest BCUT2D eigenvalue weighted by atomic mass is 32.1. The molecule has 31 heavy (non-hydrogen) atoms. The Balaban J connectivity index is 1.41. The zero-order valence-corrected chi connectivity index (χ0v) is 18.3. The van der Waals surface area contributed by atoms with Crippen LogP contribution < -0.4 is 10.7 Å². The summed E-state index contributed by atoms with van der Waals surface area (Å²) in [7, 11) is 0. The van der Waals surface area contributed by atoms with Crippen LogP contribution in [0.1, 0.15) is 40.8 Å². The Hall–Kier alpha value is -2.65. The summed E-state index contributed by atoms with van der Waals surface area (Å²) in [4.78, 5) is 28.1. The number of rotatable bonds is 6. The summed E-state index contributed by atoms with van der Waals surface area (Å²) in [5.74, 6) is 1.38. The van der Waals surface area contributed by atoms with Gasteiger partial charge in [-0.1, -0.05) is 0 Å². The van der Waals surface area contributed by atoms with Gasteiger partial charge in [-0.2, -0.15) is 5.26 Å². The first-order valence-corrected chi connectivity index (χ1v) is 11.3. The highest BCUT2D eigenvalue weighted by Gasteiger charge is 2.23. The van der Waals surface area contributed by atoms with E-state index in [0.717, 1.165) is 31.6 Å². The van der Waals surface area contributed by atoms with E-state index in [1.54, 1.807) is 5.38 Å². The number of ether oxygens (including phenoxy) is 1. The van der Waals surface area contributed by atoms with Gasteiger partial charge in [0.05, 0.1) is 31.5 Å². The van der Waals surface area contributed by atoms with Crippen LogP contribution in [-0.4, -0.2) is 76.7 Å². The summed E-state index contributed by atoms with van der Waals surface area (Å²) < 4.78 is 5.29. The third-order valence-corrected chi connectivity index (χ3v) is 6.08. The number of amides is 1. The summed E-state index contributed by atoms with van der Waals surface area (Å²) in [6.07, 6.45) is 2.09. The fourth-order valence-electron chi connectivity index (χ4n) is 3.83. The molecule has 2 fully saturated rings. The fraction of sp³-hybridized carbons (Fsp3) is 0.550. The Bertz CT molecular complexity index is 953. The molecule has 2 aromatic heterocycles. The van der Waals surface area contributed by atoms with Gasteiger partial charge in [-0.3, -0.25) is 15.1 Å². The van der Waals surface area contributed by atoms with E-state index in [4.69, 9.17) is 10.00 Å². The molecular weight excluding hydrogens is 416 g/mol. The average molecular weight is 443 g/mol. The minimum atomic E-state index is -0.231. The van der Waals surface area contributed by atoms with E-state index in [-0.39, 0.29) is 11.8 Å². The Morgan fingerprint density at radius 2 is 2.16 bits per heavy atom. The number of morpholine rings is 1. The lowest BCUT2D eigenvalue weighted by Crippen LogP contribution is -2.48. The normalized spacial score (nSPS) is 20.2. The van der Waals surface area contributed by atoms with Gasteiger partial charge in [-0.15, -0.1) is 11.3 Å². The van der Waals surface area contributed by atoms with Crippen molar-refractivity contribution >= 4 is 28.2 Å². The molecule has 0 bridgehead atoms. The Kier molecular flexibility index (Phi) is 7.03. The second-order valence-corrected chi connectivity index (χ2v) is 8.52. The number of nitrogens with zero attached hydrogens (tertiary/aromatic N) is 6. The number of thiazole rings is 1. The van der Waals surface area contributed by atoms with Crippen LogP contribution in [0.3, 0.4) is 0 Å². The van der Waals surface area contributed by atoms with Crippen LogP contribution >= 0.6 is 11.3 Å². The number of hydrogen-bond donors (Lipinski definition) is 2. The number of carbonyl (C=O) groups excluding carboxylic acids is 1. The molecule has 0 aromatic carbocycles. The van der Waals surface area contributed by atoms with Crippen LogP contribution in [0, 0.1) is 18.3 Å². The standard InChI is InChI=1S/C20H26N8O2S/c1-14-22-16(15-3-2-5-27(12-15)6-4-21)11-18(23-14)25-20-24-17(13-31-20)19(29)26-28-7-9-30-10-8-28/h11,13,15H,2-3,5-10,12H2,1H3,(H,26,29)(H,22,23,24,25).